The Morgan fingerprint density at radius 1 is 1.50 bits per heavy atom. The number of nitrogens with one attached hydrogen (secondary N) is 1. The molecule has 1 amide bonds. The predicted octanol–water partition coefficient (Wildman–Crippen LogP) is 1.07. The van der Waals surface area contributed by atoms with Crippen LogP contribution in [0.2, 0.25) is 0 Å². The van der Waals surface area contributed by atoms with Crippen LogP contribution in [0, 0.1) is 0 Å². The molecule has 118 valence electrons. The van der Waals surface area contributed by atoms with Crippen LogP contribution in [-0.4, -0.2) is 42.8 Å². The zero-order valence-electron chi connectivity index (χ0n) is 12.2. The Hall–Kier alpha value is -2.18. The monoisotopic (exact) mass is 305 g/mol. The molecule has 0 radical (unpaired) electrons. The molecule has 0 aliphatic carbocycles. The molecule has 0 aromatic heterocycles. The van der Waals surface area contributed by atoms with Gasteiger partial charge in [0, 0.05) is 0 Å². The fraction of sp³-hybridized carbons (Fsp3) is 0.375. The van der Waals surface area contributed by atoms with E-state index in [0.717, 1.165) is 17.5 Å². The van der Waals surface area contributed by atoms with Crippen LogP contribution in [0.5, 0.6) is 0 Å². The second-order valence-corrected chi connectivity index (χ2v) is 4.93. The summed E-state index contributed by atoms with van der Waals surface area (Å²) in [5.41, 5.74) is 1.83. The third-order valence-corrected chi connectivity index (χ3v) is 3.37. The zero-order chi connectivity index (χ0) is 15.9. The Kier molecular flexibility index (Phi) is 5.68. The zero-order valence-corrected chi connectivity index (χ0v) is 12.2. The van der Waals surface area contributed by atoms with Gasteiger partial charge in [0.15, 0.2) is 12.1 Å². The lowest BCUT2D eigenvalue weighted by atomic mass is 9.97. The van der Waals surface area contributed by atoms with Crippen molar-refractivity contribution >= 4 is 11.9 Å². The second kappa shape index (κ2) is 7.72. The Balaban J connectivity index is 2.04. The van der Waals surface area contributed by atoms with E-state index < -0.39 is 24.0 Å². The molecule has 1 aliphatic rings. The number of aliphatic carboxylic acids is 1. The number of hydrogen-bond acceptors (Lipinski definition) is 4. The summed E-state index contributed by atoms with van der Waals surface area (Å²) < 4.78 is 10.6. The summed E-state index contributed by atoms with van der Waals surface area (Å²) >= 11 is 0. The van der Waals surface area contributed by atoms with Gasteiger partial charge in [-0.05, 0) is 17.5 Å². The fourth-order valence-corrected chi connectivity index (χ4v) is 2.30. The van der Waals surface area contributed by atoms with Gasteiger partial charge < -0.3 is 19.9 Å². The van der Waals surface area contributed by atoms with Crippen molar-refractivity contribution < 1.29 is 24.2 Å². The van der Waals surface area contributed by atoms with Crippen molar-refractivity contribution in [3.63, 3.8) is 0 Å². The summed E-state index contributed by atoms with van der Waals surface area (Å²) in [4.78, 5) is 23.5. The molecule has 0 saturated carbocycles. The number of carbonyl (C=O) groups is 2. The molecule has 1 aliphatic heterocycles. The molecule has 1 aromatic carbocycles. The van der Waals surface area contributed by atoms with E-state index in [-0.39, 0.29) is 13.2 Å². The van der Waals surface area contributed by atoms with E-state index in [4.69, 9.17) is 14.6 Å². The van der Waals surface area contributed by atoms with Crippen LogP contribution in [-0.2, 0) is 25.5 Å². The van der Waals surface area contributed by atoms with E-state index in [0.29, 0.717) is 6.61 Å². The molecule has 2 N–H and O–H groups in total. The number of benzene rings is 1. The summed E-state index contributed by atoms with van der Waals surface area (Å²) in [5, 5.41) is 11.6. The molecule has 1 aromatic rings. The largest absolute Gasteiger partial charge is 0.480 e. The summed E-state index contributed by atoms with van der Waals surface area (Å²) in [6.07, 6.45) is 1.47. The van der Waals surface area contributed by atoms with Gasteiger partial charge in [-0.3, -0.25) is 4.79 Å². The highest BCUT2D eigenvalue weighted by Gasteiger charge is 2.30. The van der Waals surface area contributed by atoms with Crippen LogP contribution < -0.4 is 5.32 Å². The van der Waals surface area contributed by atoms with Crippen LogP contribution in [0.1, 0.15) is 17.2 Å². The van der Waals surface area contributed by atoms with E-state index in [1.54, 1.807) is 0 Å². The van der Waals surface area contributed by atoms with E-state index in [1.165, 1.54) is 6.08 Å². The highest BCUT2D eigenvalue weighted by Crippen LogP contribution is 2.27. The number of carbonyl (C=O) groups excluding carboxylic acids is 1. The van der Waals surface area contributed by atoms with Crippen molar-refractivity contribution in [2.45, 2.75) is 18.6 Å². The summed E-state index contributed by atoms with van der Waals surface area (Å²) in [5.74, 6) is -1.62. The number of hydrogen-bond donors (Lipinski definition) is 2. The first-order valence-corrected chi connectivity index (χ1v) is 7.04. The molecule has 22 heavy (non-hydrogen) atoms. The highest BCUT2D eigenvalue weighted by molar-refractivity contribution is 5.87. The third-order valence-electron chi connectivity index (χ3n) is 3.37. The topological polar surface area (TPSA) is 84.9 Å². The Morgan fingerprint density at radius 2 is 2.27 bits per heavy atom. The van der Waals surface area contributed by atoms with Crippen molar-refractivity contribution in [2.75, 3.05) is 19.8 Å². The summed E-state index contributed by atoms with van der Waals surface area (Å²) in [7, 11) is 0. The molecular weight excluding hydrogens is 286 g/mol. The first-order chi connectivity index (χ1) is 10.6. The number of carboxylic acid groups (broad SMARTS) is 1. The fourth-order valence-electron chi connectivity index (χ4n) is 2.30. The molecule has 0 saturated heterocycles. The molecule has 2 atom stereocenters. The smallest absolute Gasteiger partial charge is 0.328 e. The molecular formula is C16H19NO5. The molecule has 6 heteroatoms. The maximum Gasteiger partial charge on any atom is 0.328 e. The normalized spacial score (nSPS) is 18.1. The number of fused-ring (bicyclic) bond motifs is 1. The van der Waals surface area contributed by atoms with Crippen molar-refractivity contribution in [2.24, 2.45) is 0 Å². The van der Waals surface area contributed by atoms with Gasteiger partial charge in [0.25, 0.3) is 5.91 Å². The van der Waals surface area contributed by atoms with Gasteiger partial charge in [0.2, 0.25) is 0 Å². The SMILES string of the molecule is C=CCOCC(NC(=O)C1OCCc2ccccc21)C(=O)O. The van der Waals surface area contributed by atoms with Crippen molar-refractivity contribution in [3.05, 3.63) is 48.0 Å². The quantitative estimate of drug-likeness (QED) is 0.581. The Bertz CT molecular complexity index is 557. The summed E-state index contributed by atoms with van der Waals surface area (Å²) in [6.45, 7) is 4.01. The van der Waals surface area contributed by atoms with E-state index in [9.17, 15) is 9.59 Å². The molecule has 0 spiro atoms. The standard InChI is InChI=1S/C16H19NO5/c1-2-8-21-10-13(16(19)20)17-15(18)14-12-6-4-3-5-11(12)7-9-22-14/h2-6,13-14H,1,7-10H2,(H,17,18)(H,19,20). The first kappa shape index (κ1) is 16.2. The number of rotatable bonds is 7. The van der Waals surface area contributed by atoms with Crippen LogP contribution in [0.3, 0.4) is 0 Å². The minimum atomic E-state index is -1.15. The molecule has 2 rings (SSSR count). The number of ether oxygens (including phenoxy) is 2. The first-order valence-electron chi connectivity index (χ1n) is 7.04. The molecule has 1 heterocycles. The van der Waals surface area contributed by atoms with Gasteiger partial charge in [0.1, 0.15) is 0 Å². The summed E-state index contributed by atoms with van der Waals surface area (Å²) in [6, 6.07) is 6.38. The molecule has 6 nitrogen and oxygen atoms in total. The average molecular weight is 305 g/mol. The lowest BCUT2D eigenvalue weighted by molar-refractivity contribution is -0.146. The minimum absolute atomic E-state index is 0.124. The predicted molar refractivity (Wildman–Crippen MR) is 79.4 cm³/mol. The van der Waals surface area contributed by atoms with Crippen LogP contribution in [0.15, 0.2) is 36.9 Å². The van der Waals surface area contributed by atoms with Crippen LogP contribution in [0.25, 0.3) is 0 Å². The second-order valence-electron chi connectivity index (χ2n) is 4.93. The molecule has 2 unspecified atom stereocenters. The van der Waals surface area contributed by atoms with E-state index >= 15 is 0 Å². The van der Waals surface area contributed by atoms with Crippen LogP contribution >= 0.6 is 0 Å². The number of amides is 1. The van der Waals surface area contributed by atoms with Gasteiger partial charge in [-0.1, -0.05) is 30.3 Å². The molecule has 0 fully saturated rings. The lowest BCUT2D eigenvalue weighted by Gasteiger charge is -2.26. The Labute approximate surface area is 128 Å². The van der Waals surface area contributed by atoms with E-state index in [1.807, 2.05) is 24.3 Å². The van der Waals surface area contributed by atoms with Crippen LogP contribution in [0.4, 0.5) is 0 Å². The van der Waals surface area contributed by atoms with Crippen molar-refractivity contribution in [1.29, 1.82) is 0 Å². The molecule has 0 bridgehead atoms. The van der Waals surface area contributed by atoms with E-state index in [2.05, 4.69) is 11.9 Å². The number of carboxylic acids is 1. The van der Waals surface area contributed by atoms with Gasteiger partial charge in [-0.15, -0.1) is 6.58 Å². The van der Waals surface area contributed by atoms with Crippen molar-refractivity contribution in [1.82, 2.24) is 5.32 Å². The van der Waals surface area contributed by atoms with Gasteiger partial charge in [0.05, 0.1) is 19.8 Å². The maximum atomic E-state index is 12.3. The van der Waals surface area contributed by atoms with Gasteiger partial charge in [-0.25, -0.2) is 4.79 Å². The minimum Gasteiger partial charge on any atom is -0.480 e. The highest BCUT2D eigenvalue weighted by atomic mass is 16.5. The van der Waals surface area contributed by atoms with Crippen molar-refractivity contribution in [3.8, 4) is 0 Å². The Morgan fingerprint density at radius 3 is 3.00 bits per heavy atom. The maximum absolute atomic E-state index is 12.3. The van der Waals surface area contributed by atoms with Gasteiger partial charge in [-0.2, -0.15) is 0 Å². The van der Waals surface area contributed by atoms with Gasteiger partial charge >= 0.3 is 5.97 Å². The average Bonchev–Trinajstić information content (AvgIpc) is 2.53. The lowest BCUT2D eigenvalue weighted by Crippen LogP contribution is -2.47. The third kappa shape index (κ3) is 3.93.